The van der Waals surface area contributed by atoms with Gasteiger partial charge in [0.15, 0.2) is 0 Å². The maximum absolute atomic E-state index is 6.16. The molecule has 5 aliphatic rings. The minimum Gasteiger partial charge on any atom is -0.381 e. The lowest BCUT2D eigenvalue weighted by Crippen LogP contribution is -2.48. The van der Waals surface area contributed by atoms with Gasteiger partial charge in [0.05, 0.1) is 13.2 Å². The van der Waals surface area contributed by atoms with Crippen molar-refractivity contribution in [3.8, 4) is 0 Å². The number of hydrogen-bond donors (Lipinski definition) is 1. The molecule has 1 unspecified atom stereocenters. The third-order valence-electron chi connectivity index (χ3n) is 6.09. The molecule has 2 nitrogen and oxygen atoms in total. The Labute approximate surface area is 111 Å². The molecular formula is C16H27NO. The molecule has 4 aliphatic carbocycles. The molecule has 0 amide bonds. The van der Waals surface area contributed by atoms with Crippen LogP contribution in [-0.4, -0.2) is 26.3 Å². The van der Waals surface area contributed by atoms with E-state index < -0.39 is 0 Å². The van der Waals surface area contributed by atoms with Gasteiger partial charge in [-0.05, 0) is 80.6 Å². The fraction of sp³-hybridized carbons (Fsp3) is 1.00. The molecule has 4 bridgehead atoms. The Morgan fingerprint density at radius 1 is 1.00 bits per heavy atom. The van der Waals surface area contributed by atoms with E-state index in [9.17, 15) is 0 Å². The van der Waals surface area contributed by atoms with Crippen LogP contribution in [0.4, 0.5) is 0 Å². The molecule has 0 aromatic heterocycles. The maximum atomic E-state index is 6.16. The fourth-order valence-corrected chi connectivity index (χ4v) is 5.77. The molecule has 1 saturated heterocycles. The number of ether oxygens (including phenoxy) is 1. The molecule has 5 rings (SSSR count). The summed E-state index contributed by atoms with van der Waals surface area (Å²) in [6, 6.07) is 0. The van der Waals surface area contributed by atoms with Crippen LogP contribution in [0.2, 0.25) is 0 Å². The summed E-state index contributed by atoms with van der Waals surface area (Å²) in [5.41, 5.74) is 0.612. The van der Waals surface area contributed by atoms with Crippen LogP contribution >= 0.6 is 0 Å². The quantitative estimate of drug-likeness (QED) is 0.827. The van der Waals surface area contributed by atoms with Crippen molar-refractivity contribution in [1.82, 2.24) is 5.32 Å². The number of hydrogen-bond acceptors (Lipinski definition) is 2. The topological polar surface area (TPSA) is 21.3 Å². The Morgan fingerprint density at radius 3 is 2.22 bits per heavy atom. The Kier molecular flexibility index (Phi) is 2.92. The van der Waals surface area contributed by atoms with E-state index in [0.29, 0.717) is 5.41 Å². The van der Waals surface area contributed by atoms with Gasteiger partial charge < -0.3 is 10.1 Å². The van der Waals surface area contributed by atoms with E-state index >= 15 is 0 Å². The zero-order valence-corrected chi connectivity index (χ0v) is 11.5. The molecule has 1 N–H and O–H groups in total. The summed E-state index contributed by atoms with van der Waals surface area (Å²) >= 11 is 0. The SMILES string of the molecule is C1CC(COCC23CC4CC(CC(C4)C2)C3)CN1. The number of nitrogens with one attached hydrogen (secondary N) is 1. The monoisotopic (exact) mass is 249 g/mol. The lowest BCUT2D eigenvalue weighted by Gasteiger charge is -2.56. The predicted octanol–water partition coefficient (Wildman–Crippen LogP) is 2.83. The van der Waals surface area contributed by atoms with Crippen molar-refractivity contribution in [3.05, 3.63) is 0 Å². The van der Waals surface area contributed by atoms with Crippen LogP contribution in [0.5, 0.6) is 0 Å². The van der Waals surface area contributed by atoms with Crippen molar-refractivity contribution in [3.63, 3.8) is 0 Å². The molecule has 18 heavy (non-hydrogen) atoms. The van der Waals surface area contributed by atoms with E-state index in [1.54, 1.807) is 19.3 Å². The van der Waals surface area contributed by atoms with E-state index in [4.69, 9.17) is 4.74 Å². The molecule has 0 spiro atoms. The van der Waals surface area contributed by atoms with Gasteiger partial charge in [0, 0.05) is 6.54 Å². The van der Waals surface area contributed by atoms with Crippen LogP contribution < -0.4 is 5.32 Å². The van der Waals surface area contributed by atoms with Crippen molar-refractivity contribution in [2.45, 2.75) is 44.9 Å². The van der Waals surface area contributed by atoms with Gasteiger partial charge in [-0.1, -0.05) is 0 Å². The Bertz CT molecular complexity index is 273. The molecule has 1 heterocycles. The van der Waals surface area contributed by atoms with Gasteiger partial charge in [-0.2, -0.15) is 0 Å². The molecule has 1 aliphatic heterocycles. The molecule has 0 aromatic rings. The summed E-state index contributed by atoms with van der Waals surface area (Å²) in [5.74, 6) is 3.98. The molecule has 4 saturated carbocycles. The molecule has 5 fully saturated rings. The zero-order valence-electron chi connectivity index (χ0n) is 11.5. The van der Waals surface area contributed by atoms with Crippen LogP contribution in [0, 0.1) is 29.1 Å². The molecule has 102 valence electrons. The Balaban J connectivity index is 1.33. The van der Waals surface area contributed by atoms with Crippen molar-refractivity contribution < 1.29 is 4.74 Å². The van der Waals surface area contributed by atoms with Crippen molar-refractivity contribution >= 4 is 0 Å². The van der Waals surface area contributed by atoms with Gasteiger partial charge in [-0.3, -0.25) is 0 Å². The van der Waals surface area contributed by atoms with Crippen LogP contribution in [0.25, 0.3) is 0 Å². The largest absolute Gasteiger partial charge is 0.381 e. The zero-order chi connectivity index (χ0) is 12.0. The summed E-state index contributed by atoms with van der Waals surface area (Å²) in [6.45, 7) is 4.47. The summed E-state index contributed by atoms with van der Waals surface area (Å²) < 4.78 is 6.16. The molecule has 1 atom stereocenters. The first-order valence-corrected chi connectivity index (χ1v) is 8.10. The lowest BCUT2D eigenvalue weighted by molar-refractivity contribution is -0.0995. The smallest absolute Gasteiger partial charge is 0.0522 e. The highest BCUT2D eigenvalue weighted by Gasteiger charge is 2.50. The van der Waals surface area contributed by atoms with Crippen molar-refractivity contribution in [2.75, 3.05) is 26.3 Å². The molecule has 0 radical (unpaired) electrons. The van der Waals surface area contributed by atoms with Gasteiger partial charge in [0.25, 0.3) is 0 Å². The summed E-state index contributed by atoms with van der Waals surface area (Å²) in [4.78, 5) is 0. The summed E-state index contributed by atoms with van der Waals surface area (Å²) in [7, 11) is 0. The van der Waals surface area contributed by atoms with Crippen molar-refractivity contribution in [1.29, 1.82) is 0 Å². The number of rotatable bonds is 4. The van der Waals surface area contributed by atoms with E-state index in [0.717, 1.165) is 36.9 Å². The first-order valence-electron chi connectivity index (χ1n) is 8.10. The second-order valence-electron chi connectivity index (χ2n) is 7.79. The summed E-state index contributed by atoms with van der Waals surface area (Å²) in [5, 5.41) is 3.44. The molecule has 2 heteroatoms. The van der Waals surface area contributed by atoms with Crippen LogP contribution in [0.1, 0.15) is 44.9 Å². The third kappa shape index (κ3) is 2.12. The molecule has 0 aromatic carbocycles. The first kappa shape index (κ1) is 11.7. The van der Waals surface area contributed by atoms with Gasteiger partial charge in [0.1, 0.15) is 0 Å². The molecular weight excluding hydrogens is 222 g/mol. The van der Waals surface area contributed by atoms with Gasteiger partial charge in [-0.25, -0.2) is 0 Å². The van der Waals surface area contributed by atoms with E-state index in [2.05, 4.69) is 5.32 Å². The average molecular weight is 249 g/mol. The second-order valence-corrected chi connectivity index (χ2v) is 7.79. The fourth-order valence-electron chi connectivity index (χ4n) is 5.77. The maximum Gasteiger partial charge on any atom is 0.0522 e. The lowest BCUT2D eigenvalue weighted by atomic mass is 9.50. The Morgan fingerprint density at radius 2 is 1.67 bits per heavy atom. The van der Waals surface area contributed by atoms with Crippen LogP contribution in [0.3, 0.4) is 0 Å². The van der Waals surface area contributed by atoms with E-state index in [-0.39, 0.29) is 0 Å². The van der Waals surface area contributed by atoms with E-state index in [1.807, 2.05) is 0 Å². The predicted molar refractivity (Wildman–Crippen MR) is 72.4 cm³/mol. The van der Waals surface area contributed by atoms with Crippen LogP contribution in [-0.2, 0) is 4.74 Å². The van der Waals surface area contributed by atoms with E-state index in [1.165, 1.54) is 38.8 Å². The second kappa shape index (κ2) is 4.49. The first-order chi connectivity index (χ1) is 8.81. The minimum atomic E-state index is 0.612. The minimum absolute atomic E-state index is 0.612. The highest BCUT2D eigenvalue weighted by atomic mass is 16.5. The Hall–Kier alpha value is -0.0800. The standard InChI is InChI=1S/C16H27NO/c1-2-17-9-12(1)10-18-11-16-6-13-3-14(7-16)5-15(4-13)8-16/h12-15,17H,1-11H2. The van der Waals surface area contributed by atoms with Gasteiger partial charge >= 0.3 is 0 Å². The van der Waals surface area contributed by atoms with Gasteiger partial charge in [-0.15, -0.1) is 0 Å². The highest BCUT2D eigenvalue weighted by Crippen LogP contribution is 2.60. The average Bonchev–Trinajstić information content (AvgIpc) is 2.79. The normalized spacial score (nSPS) is 50.0. The van der Waals surface area contributed by atoms with Gasteiger partial charge in [0.2, 0.25) is 0 Å². The third-order valence-corrected chi connectivity index (χ3v) is 6.09. The highest BCUT2D eigenvalue weighted by molar-refractivity contribution is 5.01. The van der Waals surface area contributed by atoms with Crippen LogP contribution in [0.15, 0.2) is 0 Å². The van der Waals surface area contributed by atoms with Crippen molar-refractivity contribution in [2.24, 2.45) is 29.1 Å². The summed E-state index contributed by atoms with van der Waals surface area (Å²) in [6.07, 6.45) is 10.4.